The Morgan fingerprint density at radius 2 is 1.93 bits per heavy atom. The van der Waals surface area contributed by atoms with Crippen LogP contribution in [0.25, 0.3) is 0 Å². The smallest absolute Gasteiger partial charge is 0.243 e. The van der Waals surface area contributed by atoms with Crippen molar-refractivity contribution in [2.45, 2.75) is 19.9 Å². The van der Waals surface area contributed by atoms with Gasteiger partial charge >= 0.3 is 0 Å². The number of hydrogen-bond donors (Lipinski definition) is 1. The minimum atomic E-state index is -0.0377. The van der Waals surface area contributed by atoms with Crippen LogP contribution in [0.5, 0.6) is 5.75 Å². The van der Waals surface area contributed by atoms with Crippen LogP contribution >= 0.6 is 24.0 Å². The first-order valence-electron chi connectivity index (χ1n) is 8.88. The van der Waals surface area contributed by atoms with E-state index in [9.17, 15) is 4.79 Å². The summed E-state index contributed by atoms with van der Waals surface area (Å²) in [5.41, 5.74) is 1.06. The summed E-state index contributed by atoms with van der Waals surface area (Å²) in [5, 5.41) is 3.31. The van der Waals surface area contributed by atoms with E-state index in [4.69, 9.17) is 9.47 Å². The molecular weight excluding hydrogens is 459 g/mol. The van der Waals surface area contributed by atoms with Gasteiger partial charge in [-0.15, -0.1) is 24.0 Å². The molecule has 0 aromatic heterocycles. The number of nitrogens with one attached hydrogen (secondary N) is 1. The van der Waals surface area contributed by atoms with Gasteiger partial charge in [-0.3, -0.25) is 4.79 Å². The Kier molecular flexibility index (Phi) is 13.7. The number of guanidine groups is 1. The van der Waals surface area contributed by atoms with Crippen LogP contribution in [0.15, 0.2) is 29.3 Å². The fourth-order valence-electron chi connectivity index (χ4n) is 2.28. The Morgan fingerprint density at radius 1 is 1.22 bits per heavy atom. The SMILES string of the molecule is CCOCCCNC(=NCC(=O)N(C)C)N(C)Cc1ccccc1OC.I. The van der Waals surface area contributed by atoms with Crippen molar-refractivity contribution in [1.29, 1.82) is 0 Å². The Hall–Kier alpha value is -1.55. The summed E-state index contributed by atoms with van der Waals surface area (Å²) in [5.74, 6) is 1.48. The molecule has 0 unspecified atom stereocenters. The van der Waals surface area contributed by atoms with E-state index in [1.165, 1.54) is 4.90 Å². The molecule has 0 radical (unpaired) electrons. The van der Waals surface area contributed by atoms with Gasteiger partial charge in [-0.05, 0) is 19.4 Å². The maximum atomic E-state index is 11.9. The van der Waals surface area contributed by atoms with Crippen molar-refractivity contribution >= 4 is 35.8 Å². The molecule has 0 heterocycles. The van der Waals surface area contributed by atoms with Gasteiger partial charge in [-0.25, -0.2) is 4.99 Å². The minimum Gasteiger partial charge on any atom is -0.496 e. The molecule has 1 N–H and O–H groups in total. The highest BCUT2D eigenvalue weighted by Crippen LogP contribution is 2.18. The Balaban J connectivity index is 0.00000676. The first-order chi connectivity index (χ1) is 12.5. The Morgan fingerprint density at radius 3 is 2.56 bits per heavy atom. The summed E-state index contributed by atoms with van der Waals surface area (Å²) in [7, 11) is 7.06. The number of methoxy groups -OCH3 is 1. The van der Waals surface area contributed by atoms with Crippen LogP contribution in [0.1, 0.15) is 18.9 Å². The van der Waals surface area contributed by atoms with Crippen LogP contribution in [-0.4, -0.2) is 76.2 Å². The number of rotatable bonds is 10. The molecule has 0 bridgehead atoms. The number of carbonyl (C=O) groups is 1. The fraction of sp³-hybridized carbons (Fsp3) is 0.579. The van der Waals surface area contributed by atoms with Crippen LogP contribution in [0.3, 0.4) is 0 Å². The second kappa shape index (κ2) is 14.5. The van der Waals surface area contributed by atoms with Crippen LogP contribution < -0.4 is 10.1 Å². The number of halogens is 1. The lowest BCUT2D eigenvalue weighted by Gasteiger charge is -2.23. The van der Waals surface area contributed by atoms with Crippen LogP contribution in [0.4, 0.5) is 0 Å². The summed E-state index contributed by atoms with van der Waals surface area (Å²) >= 11 is 0. The zero-order valence-corrected chi connectivity index (χ0v) is 19.4. The van der Waals surface area contributed by atoms with Crippen LogP contribution in [0.2, 0.25) is 0 Å². The van der Waals surface area contributed by atoms with Crippen molar-refractivity contribution < 1.29 is 14.3 Å². The van der Waals surface area contributed by atoms with Gasteiger partial charge < -0.3 is 24.6 Å². The number of carbonyl (C=O) groups excluding carboxylic acids is 1. The second-order valence-electron chi connectivity index (χ2n) is 6.07. The average molecular weight is 492 g/mol. The minimum absolute atomic E-state index is 0. The van der Waals surface area contributed by atoms with Gasteiger partial charge in [0, 0.05) is 53.0 Å². The molecule has 0 spiro atoms. The molecule has 1 rings (SSSR count). The van der Waals surface area contributed by atoms with E-state index in [0.29, 0.717) is 25.7 Å². The van der Waals surface area contributed by atoms with Crippen molar-refractivity contribution in [3.05, 3.63) is 29.8 Å². The van der Waals surface area contributed by atoms with Gasteiger partial charge in [0.2, 0.25) is 5.91 Å². The quantitative estimate of drug-likeness (QED) is 0.235. The second-order valence-corrected chi connectivity index (χ2v) is 6.07. The summed E-state index contributed by atoms with van der Waals surface area (Å²) < 4.78 is 10.8. The lowest BCUT2D eigenvalue weighted by molar-refractivity contribution is -0.127. The summed E-state index contributed by atoms with van der Waals surface area (Å²) in [6.45, 7) is 4.85. The largest absolute Gasteiger partial charge is 0.496 e. The van der Waals surface area contributed by atoms with E-state index in [2.05, 4.69) is 10.3 Å². The third kappa shape index (κ3) is 9.81. The van der Waals surface area contributed by atoms with E-state index >= 15 is 0 Å². The van der Waals surface area contributed by atoms with Gasteiger partial charge in [0.15, 0.2) is 5.96 Å². The molecule has 1 aromatic rings. The molecular formula is C19H33IN4O3. The number of amides is 1. The lowest BCUT2D eigenvalue weighted by Crippen LogP contribution is -2.40. The van der Waals surface area contributed by atoms with Gasteiger partial charge in [-0.1, -0.05) is 18.2 Å². The monoisotopic (exact) mass is 492 g/mol. The molecule has 7 nitrogen and oxygen atoms in total. The molecule has 0 atom stereocenters. The van der Waals surface area contributed by atoms with E-state index in [1.807, 2.05) is 43.1 Å². The summed E-state index contributed by atoms with van der Waals surface area (Å²) in [6.07, 6.45) is 0.872. The average Bonchev–Trinajstić information content (AvgIpc) is 2.63. The number of ether oxygens (including phenoxy) is 2. The first-order valence-corrected chi connectivity index (χ1v) is 8.88. The molecule has 27 heavy (non-hydrogen) atoms. The molecule has 0 aliphatic carbocycles. The number of aliphatic imine (C=N–C) groups is 1. The molecule has 154 valence electrons. The topological polar surface area (TPSA) is 66.4 Å². The van der Waals surface area contributed by atoms with Gasteiger partial charge in [0.1, 0.15) is 12.3 Å². The van der Waals surface area contributed by atoms with Crippen LogP contribution in [0, 0.1) is 0 Å². The zero-order valence-electron chi connectivity index (χ0n) is 17.0. The van der Waals surface area contributed by atoms with E-state index in [1.54, 1.807) is 21.2 Å². The van der Waals surface area contributed by atoms with E-state index < -0.39 is 0 Å². The maximum absolute atomic E-state index is 11.9. The summed E-state index contributed by atoms with van der Waals surface area (Å²) in [6, 6.07) is 7.88. The molecule has 8 heteroatoms. The molecule has 1 amide bonds. The van der Waals surface area contributed by atoms with Crippen molar-refractivity contribution in [1.82, 2.24) is 15.1 Å². The van der Waals surface area contributed by atoms with Gasteiger partial charge in [0.05, 0.1) is 7.11 Å². The number of hydrogen-bond acceptors (Lipinski definition) is 4. The van der Waals surface area contributed by atoms with Crippen molar-refractivity contribution in [3.63, 3.8) is 0 Å². The number of nitrogens with zero attached hydrogens (tertiary/aromatic N) is 3. The molecule has 0 fully saturated rings. The molecule has 0 aliphatic rings. The van der Waals surface area contributed by atoms with Crippen molar-refractivity contribution in [2.24, 2.45) is 4.99 Å². The van der Waals surface area contributed by atoms with Gasteiger partial charge in [-0.2, -0.15) is 0 Å². The third-order valence-electron chi connectivity index (χ3n) is 3.78. The lowest BCUT2D eigenvalue weighted by atomic mass is 10.2. The number of benzene rings is 1. The first kappa shape index (κ1) is 25.4. The molecule has 0 aliphatic heterocycles. The maximum Gasteiger partial charge on any atom is 0.243 e. The number of likely N-dealkylation sites (N-methyl/N-ethyl adjacent to an activating group) is 1. The summed E-state index contributed by atoms with van der Waals surface area (Å²) in [4.78, 5) is 19.9. The molecule has 1 aromatic carbocycles. The number of para-hydroxylation sites is 1. The van der Waals surface area contributed by atoms with Crippen molar-refractivity contribution in [2.75, 3.05) is 54.6 Å². The molecule has 0 saturated heterocycles. The third-order valence-corrected chi connectivity index (χ3v) is 3.78. The van der Waals surface area contributed by atoms with Crippen LogP contribution in [-0.2, 0) is 16.1 Å². The standard InChI is InChI=1S/C19H32N4O3.HI/c1-6-26-13-9-12-20-19(21-14-18(24)22(2)3)23(4)15-16-10-7-8-11-17(16)25-5;/h7-8,10-11H,6,9,12-15H2,1-5H3,(H,20,21);1H. The van der Waals surface area contributed by atoms with E-state index in [-0.39, 0.29) is 36.4 Å². The highest BCUT2D eigenvalue weighted by atomic mass is 127. The highest BCUT2D eigenvalue weighted by Gasteiger charge is 2.11. The van der Waals surface area contributed by atoms with Crippen molar-refractivity contribution in [3.8, 4) is 5.75 Å². The predicted molar refractivity (Wildman–Crippen MR) is 120 cm³/mol. The van der Waals surface area contributed by atoms with E-state index in [0.717, 1.165) is 24.3 Å². The Bertz CT molecular complexity index is 582. The normalized spacial score (nSPS) is 10.8. The predicted octanol–water partition coefficient (Wildman–Crippen LogP) is 2.21. The fourth-order valence-corrected chi connectivity index (χ4v) is 2.28. The highest BCUT2D eigenvalue weighted by molar-refractivity contribution is 14.0. The molecule has 0 saturated carbocycles. The zero-order chi connectivity index (χ0) is 19.4. The Labute approximate surface area is 180 Å². The van der Waals surface area contributed by atoms with Gasteiger partial charge in [0.25, 0.3) is 0 Å².